The summed E-state index contributed by atoms with van der Waals surface area (Å²) in [6.45, 7) is 2.23. The van der Waals surface area contributed by atoms with Crippen molar-refractivity contribution in [3.63, 3.8) is 0 Å². The Bertz CT molecular complexity index is 832. The van der Waals surface area contributed by atoms with Gasteiger partial charge in [-0.05, 0) is 24.7 Å². The molecule has 0 atom stereocenters. The number of aryl methyl sites for hydroxylation is 1. The van der Waals surface area contributed by atoms with Gasteiger partial charge in [0.25, 0.3) is 0 Å². The van der Waals surface area contributed by atoms with E-state index >= 15 is 0 Å². The van der Waals surface area contributed by atoms with Crippen LogP contribution in [0.15, 0.2) is 41.2 Å². The summed E-state index contributed by atoms with van der Waals surface area (Å²) in [4.78, 5) is 16.2. The molecule has 2 heterocycles. The zero-order valence-electron chi connectivity index (χ0n) is 11.8. The van der Waals surface area contributed by atoms with Crippen molar-refractivity contribution in [1.29, 1.82) is 0 Å². The average molecular weight is 347 g/mol. The van der Waals surface area contributed by atoms with E-state index in [9.17, 15) is 4.79 Å². The van der Waals surface area contributed by atoms with Gasteiger partial charge in [0.15, 0.2) is 9.09 Å². The number of rotatable bonds is 4. The number of carbonyl (C=O) groups excluding carboxylic acids is 1. The Labute approximate surface area is 141 Å². The van der Waals surface area contributed by atoms with Crippen molar-refractivity contribution in [1.82, 2.24) is 9.55 Å². The minimum absolute atomic E-state index is 0.127. The molecule has 0 bridgehead atoms. The van der Waals surface area contributed by atoms with E-state index in [-0.39, 0.29) is 12.5 Å². The normalized spacial score (nSPS) is 10.6. The number of thiazole rings is 2. The minimum atomic E-state index is -0.127. The Morgan fingerprint density at radius 3 is 2.77 bits per heavy atom. The highest BCUT2D eigenvalue weighted by molar-refractivity contribution is 7.73. The lowest BCUT2D eigenvalue weighted by atomic mass is 10.1. The molecule has 0 saturated carbocycles. The summed E-state index contributed by atoms with van der Waals surface area (Å²) in [5.41, 5.74) is 3.22. The summed E-state index contributed by atoms with van der Waals surface area (Å²) in [5, 5.41) is 7.19. The molecule has 0 aliphatic carbocycles. The molecular weight excluding hydrogens is 334 g/mol. The second kappa shape index (κ2) is 6.51. The monoisotopic (exact) mass is 347 g/mol. The van der Waals surface area contributed by atoms with E-state index in [1.54, 1.807) is 6.20 Å². The van der Waals surface area contributed by atoms with Crippen molar-refractivity contribution in [2.45, 2.75) is 13.5 Å². The number of carbonyl (C=O) groups is 1. The molecule has 22 heavy (non-hydrogen) atoms. The van der Waals surface area contributed by atoms with Gasteiger partial charge >= 0.3 is 0 Å². The molecule has 3 rings (SSSR count). The number of aromatic nitrogens is 2. The van der Waals surface area contributed by atoms with Crippen LogP contribution in [0.5, 0.6) is 0 Å². The third-order valence-electron chi connectivity index (χ3n) is 3.11. The molecule has 3 aromatic rings. The van der Waals surface area contributed by atoms with Gasteiger partial charge in [-0.2, -0.15) is 0 Å². The first-order valence-corrected chi connectivity index (χ1v) is 8.75. The van der Waals surface area contributed by atoms with Crippen LogP contribution in [0, 0.1) is 10.9 Å². The van der Waals surface area contributed by atoms with E-state index in [4.69, 9.17) is 12.2 Å². The first kappa shape index (κ1) is 15.1. The molecule has 2 aromatic heterocycles. The molecule has 1 N–H and O–H groups in total. The molecule has 0 unspecified atom stereocenters. The topological polar surface area (TPSA) is 46.9 Å². The summed E-state index contributed by atoms with van der Waals surface area (Å²) in [7, 11) is 0. The highest BCUT2D eigenvalue weighted by atomic mass is 32.1. The van der Waals surface area contributed by atoms with Crippen LogP contribution in [0.4, 0.5) is 5.13 Å². The molecule has 1 aromatic carbocycles. The molecule has 0 spiro atoms. The Kier molecular flexibility index (Phi) is 4.47. The predicted octanol–water partition coefficient (Wildman–Crippen LogP) is 4.35. The summed E-state index contributed by atoms with van der Waals surface area (Å²) >= 11 is 8.21. The Balaban J connectivity index is 1.84. The van der Waals surface area contributed by atoms with E-state index in [1.165, 1.54) is 28.2 Å². The van der Waals surface area contributed by atoms with Crippen molar-refractivity contribution in [3.8, 4) is 11.3 Å². The van der Waals surface area contributed by atoms with Crippen LogP contribution in [0.25, 0.3) is 11.3 Å². The number of amides is 1. The quantitative estimate of drug-likeness (QED) is 0.714. The fourth-order valence-corrected chi connectivity index (χ4v) is 3.64. The average Bonchev–Trinajstić information content (AvgIpc) is 3.11. The molecule has 112 valence electrons. The maximum atomic E-state index is 12.2. The zero-order valence-corrected chi connectivity index (χ0v) is 14.2. The molecule has 0 aliphatic heterocycles. The molecule has 0 fully saturated rings. The number of nitrogens with zero attached hydrogens (tertiary/aromatic N) is 2. The fraction of sp³-hybridized carbons (Fsp3) is 0.133. The van der Waals surface area contributed by atoms with Gasteiger partial charge < -0.3 is 9.88 Å². The van der Waals surface area contributed by atoms with Crippen molar-refractivity contribution in [2.75, 3.05) is 5.32 Å². The first-order valence-electron chi connectivity index (χ1n) is 6.58. The van der Waals surface area contributed by atoms with E-state index in [1.807, 2.05) is 34.4 Å². The third kappa shape index (κ3) is 3.32. The molecule has 1 amide bonds. The van der Waals surface area contributed by atoms with Crippen LogP contribution >= 0.6 is 34.9 Å². The summed E-state index contributed by atoms with van der Waals surface area (Å²) in [6, 6.07) is 8.19. The van der Waals surface area contributed by atoms with E-state index in [0.29, 0.717) is 9.09 Å². The van der Waals surface area contributed by atoms with Gasteiger partial charge in [0, 0.05) is 17.0 Å². The van der Waals surface area contributed by atoms with Crippen LogP contribution < -0.4 is 5.32 Å². The number of hydrogen-bond acceptors (Lipinski definition) is 5. The summed E-state index contributed by atoms with van der Waals surface area (Å²) < 4.78 is 2.54. The molecule has 0 saturated heterocycles. The Morgan fingerprint density at radius 1 is 1.32 bits per heavy atom. The van der Waals surface area contributed by atoms with Crippen molar-refractivity contribution >= 4 is 45.9 Å². The highest BCUT2D eigenvalue weighted by Gasteiger charge is 2.11. The highest BCUT2D eigenvalue weighted by Crippen LogP contribution is 2.24. The van der Waals surface area contributed by atoms with Crippen LogP contribution in [-0.4, -0.2) is 15.5 Å². The van der Waals surface area contributed by atoms with Crippen LogP contribution in [0.2, 0.25) is 0 Å². The number of nitrogens with one attached hydrogen (secondary N) is 1. The molecule has 4 nitrogen and oxygen atoms in total. The number of benzene rings is 1. The van der Waals surface area contributed by atoms with Crippen molar-refractivity contribution < 1.29 is 4.79 Å². The SMILES string of the molecule is Cc1ccc(-c2csc(=S)n2CC(=O)Nc2nccs2)cc1. The van der Waals surface area contributed by atoms with Gasteiger partial charge in [-0.25, -0.2) is 4.98 Å². The largest absolute Gasteiger partial charge is 0.313 e. The van der Waals surface area contributed by atoms with Crippen molar-refractivity contribution in [2.24, 2.45) is 0 Å². The van der Waals surface area contributed by atoms with Crippen LogP contribution in [0.1, 0.15) is 5.56 Å². The lowest BCUT2D eigenvalue weighted by Gasteiger charge is -2.08. The van der Waals surface area contributed by atoms with Gasteiger partial charge in [0.05, 0.1) is 5.69 Å². The maximum Gasteiger partial charge on any atom is 0.246 e. The first-order chi connectivity index (χ1) is 10.6. The standard InChI is InChI=1S/C15H13N3OS3/c1-10-2-4-11(5-3-10)12-9-22-15(20)18(12)8-13(19)17-14-16-6-7-21-14/h2-7,9H,8H2,1H3,(H,16,17,19). The van der Waals surface area contributed by atoms with Gasteiger partial charge in [-0.1, -0.05) is 29.8 Å². The Morgan fingerprint density at radius 2 is 2.09 bits per heavy atom. The van der Waals surface area contributed by atoms with Crippen molar-refractivity contribution in [3.05, 3.63) is 50.7 Å². The second-order valence-electron chi connectivity index (χ2n) is 4.72. The van der Waals surface area contributed by atoms with Crippen LogP contribution in [0.3, 0.4) is 0 Å². The lowest BCUT2D eigenvalue weighted by Crippen LogP contribution is -2.19. The summed E-state index contributed by atoms with van der Waals surface area (Å²) in [6.07, 6.45) is 1.66. The molecule has 7 heteroatoms. The zero-order chi connectivity index (χ0) is 15.5. The summed E-state index contributed by atoms with van der Waals surface area (Å²) in [5.74, 6) is -0.127. The predicted molar refractivity (Wildman–Crippen MR) is 94.1 cm³/mol. The van der Waals surface area contributed by atoms with Gasteiger partial charge in [0.2, 0.25) is 5.91 Å². The minimum Gasteiger partial charge on any atom is -0.313 e. The Hall–Kier alpha value is -1.83. The van der Waals surface area contributed by atoms with Gasteiger partial charge in [-0.3, -0.25) is 4.79 Å². The third-order valence-corrected chi connectivity index (χ3v) is 5.07. The lowest BCUT2D eigenvalue weighted by molar-refractivity contribution is -0.116. The van der Waals surface area contributed by atoms with Crippen LogP contribution in [-0.2, 0) is 11.3 Å². The number of anilines is 1. The van der Waals surface area contributed by atoms with Gasteiger partial charge in [-0.15, -0.1) is 22.7 Å². The number of hydrogen-bond donors (Lipinski definition) is 1. The van der Waals surface area contributed by atoms with E-state index in [2.05, 4.69) is 22.4 Å². The maximum absolute atomic E-state index is 12.2. The second-order valence-corrected chi connectivity index (χ2v) is 7.12. The fourth-order valence-electron chi connectivity index (χ4n) is 2.02. The van der Waals surface area contributed by atoms with Gasteiger partial charge in [0.1, 0.15) is 6.54 Å². The molecule has 0 aliphatic rings. The molecule has 0 radical (unpaired) electrons. The smallest absolute Gasteiger partial charge is 0.246 e. The van der Waals surface area contributed by atoms with E-state index < -0.39 is 0 Å². The molecular formula is C15H13N3OS3. The van der Waals surface area contributed by atoms with E-state index in [0.717, 1.165) is 11.3 Å².